The van der Waals surface area contributed by atoms with Crippen LogP contribution in [0.4, 0.5) is 5.69 Å². The molecule has 0 heterocycles. The molecule has 0 amide bonds. The topological polar surface area (TPSA) is 111 Å². The smallest absolute Gasteiger partial charge is 0.270 e. The summed E-state index contributed by atoms with van der Waals surface area (Å²) in [6.07, 6.45) is 7.23. The summed E-state index contributed by atoms with van der Waals surface area (Å²) in [6, 6.07) is 3.74. The van der Waals surface area contributed by atoms with E-state index in [-0.39, 0.29) is 16.3 Å². The van der Waals surface area contributed by atoms with E-state index in [4.69, 9.17) is 11.6 Å². The molecule has 0 spiro atoms. The second kappa shape index (κ2) is 8.70. The van der Waals surface area contributed by atoms with Gasteiger partial charge in [-0.15, -0.1) is 0 Å². The first-order valence-corrected chi connectivity index (χ1v) is 7.69. The standard InChI is InChI=1S/C8H17N.C7H4ClNO4/c1-7(9)8-5-3-2-4-6-8;8-6-3-4(9(12)13)1-2-5(6)7(10)11/h7-8H,2-6,9H2,1H3;1-3H,(H,10,11)/t7-;/m0./s1. The summed E-state index contributed by atoms with van der Waals surface area (Å²) in [5.74, 6) is -0.515. The summed E-state index contributed by atoms with van der Waals surface area (Å²) in [6.45, 7) is 2.25. The minimum Gasteiger partial charge on any atom is -0.545 e. The lowest BCUT2D eigenvalue weighted by molar-refractivity contribution is -0.428. The van der Waals surface area contributed by atoms with Crippen LogP contribution in [0.15, 0.2) is 18.2 Å². The van der Waals surface area contributed by atoms with Crippen molar-refractivity contribution in [3.63, 3.8) is 0 Å². The molecule has 0 unspecified atom stereocenters. The fourth-order valence-corrected chi connectivity index (χ4v) is 2.74. The van der Waals surface area contributed by atoms with Crippen LogP contribution < -0.4 is 10.8 Å². The molecule has 0 aliphatic heterocycles. The molecule has 0 aromatic heterocycles. The highest BCUT2D eigenvalue weighted by Crippen LogP contribution is 2.24. The average Bonchev–Trinajstić information content (AvgIpc) is 2.48. The number of quaternary nitrogens is 1. The van der Waals surface area contributed by atoms with Crippen LogP contribution in [-0.2, 0) is 0 Å². The molecule has 122 valence electrons. The van der Waals surface area contributed by atoms with Crippen molar-refractivity contribution >= 4 is 23.3 Å². The summed E-state index contributed by atoms with van der Waals surface area (Å²) in [4.78, 5) is 19.9. The van der Waals surface area contributed by atoms with E-state index < -0.39 is 10.9 Å². The molecule has 0 radical (unpaired) electrons. The van der Waals surface area contributed by atoms with E-state index in [1.54, 1.807) is 0 Å². The third-order valence-corrected chi connectivity index (χ3v) is 4.15. The predicted octanol–water partition coefficient (Wildman–Crippen LogP) is 1.81. The molecular formula is C15H21ClN2O4. The number of carbonyl (C=O) groups is 1. The lowest BCUT2D eigenvalue weighted by atomic mass is 9.85. The van der Waals surface area contributed by atoms with Gasteiger partial charge in [0.1, 0.15) is 0 Å². The number of rotatable bonds is 3. The van der Waals surface area contributed by atoms with E-state index in [2.05, 4.69) is 12.7 Å². The maximum absolute atomic E-state index is 10.3. The summed E-state index contributed by atoms with van der Waals surface area (Å²) < 4.78 is 0. The van der Waals surface area contributed by atoms with Crippen molar-refractivity contribution in [2.24, 2.45) is 5.92 Å². The van der Waals surface area contributed by atoms with Crippen molar-refractivity contribution in [3.05, 3.63) is 38.9 Å². The van der Waals surface area contributed by atoms with Crippen LogP contribution in [0.5, 0.6) is 0 Å². The zero-order valence-corrected chi connectivity index (χ0v) is 13.3. The van der Waals surface area contributed by atoms with Gasteiger partial charge in [-0.05, 0) is 25.8 Å². The lowest BCUT2D eigenvalue weighted by Crippen LogP contribution is -2.62. The number of aromatic carboxylic acids is 1. The number of halogens is 1. The van der Waals surface area contributed by atoms with Crippen molar-refractivity contribution < 1.29 is 20.6 Å². The Kier molecular flexibility index (Phi) is 7.27. The SMILES string of the molecule is C[C@H]([NH3+])C1CCCCC1.O=C([O-])c1ccc([N+](=O)[O-])cc1Cl. The van der Waals surface area contributed by atoms with Gasteiger partial charge in [-0.1, -0.05) is 30.9 Å². The van der Waals surface area contributed by atoms with Gasteiger partial charge in [0.2, 0.25) is 0 Å². The summed E-state index contributed by atoms with van der Waals surface area (Å²) >= 11 is 5.44. The number of hydrogen-bond donors (Lipinski definition) is 1. The molecule has 1 aromatic carbocycles. The fourth-order valence-electron chi connectivity index (χ4n) is 2.49. The minimum absolute atomic E-state index is 0.200. The van der Waals surface area contributed by atoms with Crippen molar-refractivity contribution in [1.82, 2.24) is 0 Å². The van der Waals surface area contributed by atoms with Crippen LogP contribution in [0.25, 0.3) is 0 Å². The van der Waals surface area contributed by atoms with Gasteiger partial charge < -0.3 is 15.6 Å². The van der Waals surface area contributed by atoms with Gasteiger partial charge in [-0.3, -0.25) is 10.1 Å². The number of hydrogen-bond acceptors (Lipinski definition) is 4. The number of nitro benzene ring substituents is 1. The maximum atomic E-state index is 10.3. The third-order valence-electron chi connectivity index (χ3n) is 3.84. The number of non-ortho nitro benzene ring substituents is 1. The minimum atomic E-state index is -1.46. The van der Waals surface area contributed by atoms with Gasteiger partial charge in [0.15, 0.2) is 0 Å². The zero-order valence-electron chi connectivity index (χ0n) is 12.6. The summed E-state index contributed by atoms with van der Waals surface area (Å²) in [5.41, 5.74) is 3.55. The highest BCUT2D eigenvalue weighted by Gasteiger charge is 2.18. The van der Waals surface area contributed by atoms with Crippen molar-refractivity contribution in [1.29, 1.82) is 0 Å². The maximum Gasteiger partial charge on any atom is 0.270 e. The Labute approximate surface area is 134 Å². The number of nitrogens with zero attached hydrogens (tertiary/aromatic N) is 1. The quantitative estimate of drug-likeness (QED) is 0.673. The Morgan fingerprint density at radius 2 is 1.95 bits per heavy atom. The highest BCUT2D eigenvalue weighted by atomic mass is 35.5. The van der Waals surface area contributed by atoms with Gasteiger partial charge >= 0.3 is 0 Å². The van der Waals surface area contributed by atoms with Crippen LogP contribution in [0.3, 0.4) is 0 Å². The average molecular weight is 329 g/mol. The monoisotopic (exact) mass is 328 g/mol. The second-order valence-electron chi connectivity index (χ2n) is 5.58. The Bertz CT molecular complexity index is 528. The highest BCUT2D eigenvalue weighted by molar-refractivity contribution is 6.33. The van der Waals surface area contributed by atoms with E-state index in [1.165, 1.54) is 32.1 Å². The van der Waals surface area contributed by atoms with Crippen molar-refractivity contribution in [2.75, 3.05) is 0 Å². The lowest BCUT2D eigenvalue weighted by Gasteiger charge is -2.22. The Morgan fingerprint density at radius 3 is 2.32 bits per heavy atom. The Morgan fingerprint density at radius 1 is 1.36 bits per heavy atom. The normalized spacial score (nSPS) is 16.3. The van der Waals surface area contributed by atoms with E-state index in [0.717, 1.165) is 24.1 Å². The third kappa shape index (κ3) is 5.61. The molecule has 22 heavy (non-hydrogen) atoms. The molecule has 1 aromatic rings. The molecule has 1 aliphatic carbocycles. The molecule has 1 atom stereocenters. The molecule has 0 bridgehead atoms. The summed E-state index contributed by atoms with van der Waals surface area (Å²) in [5, 5.41) is 20.4. The van der Waals surface area contributed by atoms with Crippen molar-refractivity contribution in [2.45, 2.75) is 45.1 Å². The molecule has 1 fully saturated rings. The van der Waals surface area contributed by atoms with Crippen LogP contribution in [0.2, 0.25) is 5.02 Å². The van der Waals surface area contributed by atoms with Crippen LogP contribution in [0, 0.1) is 16.0 Å². The first-order chi connectivity index (χ1) is 10.3. The largest absolute Gasteiger partial charge is 0.545 e. The van der Waals surface area contributed by atoms with Gasteiger partial charge in [0, 0.05) is 23.6 Å². The number of carboxylic acids is 1. The van der Waals surface area contributed by atoms with Gasteiger partial charge in [-0.2, -0.15) is 0 Å². The van der Waals surface area contributed by atoms with Crippen LogP contribution in [0.1, 0.15) is 49.4 Å². The molecule has 2 rings (SSSR count). The van der Waals surface area contributed by atoms with E-state index in [1.807, 2.05) is 0 Å². The van der Waals surface area contributed by atoms with Crippen LogP contribution >= 0.6 is 11.6 Å². The Balaban J connectivity index is 0.000000235. The number of carboxylic acid groups (broad SMARTS) is 1. The second-order valence-corrected chi connectivity index (χ2v) is 5.99. The first kappa shape index (κ1) is 18.4. The molecule has 3 N–H and O–H groups in total. The van der Waals surface area contributed by atoms with Gasteiger partial charge in [-0.25, -0.2) is 0 Å². The summed E-state index contributed by atoms with van der Waals surface area (Å²) in [7, 11) is 0. The molecular weight excluding hydrogens is 308 g/mol. The van der Waals surface area contributed by atoms with E-state index >= 15 is 0 Å². The zero-order chi connectivity index (χ0) is 16.7. The van der Waals surface area contributed by atoms with Crippen LogP contribution in [-0.4, -0.2) is 16.9 Å². The number of benzene rings is 1. The van der Waals surface area contributed by atoms with E-state index in [0.29, 0.717) is 6.04 Å². The molecule has 1 aliphatic rings. The molecule has 1 saturated carbocycles. The van der Waals surface area contributed by atoms with E-state index in [9.17, 15) is 20.0 Å². The predicted molar refractivity (Wildman–Crippen MR) is 81.4 cm³/mol. The van der Waals surface area contributed by atoms with Gasteiger partial charge in [0.25, 0.3) is 5.69 Å². The molecule has 0 saturated heterocycles. The molecule has 6 nitrogen and oxygen atoms in total. The van der Waals surface area contributed by atoms with Crippen molar-refractivity contribution in [3.8, 4) is 0 Å². The molecule has 7 heteroatoms. The Hall–Kier alpha value is -1.66. The number of nitro groups is 1. The fraction of sp³-hybridized carbons (Fsp3) is 0.533. The van der Waals surface area contributed by atoms with Gasteiger partial charge in [0.05, 0.1) is 22.0 Å². The first-order valence-electron chi connectivity index (χ1n) is 7.31. The number of carbonyl (C=O) groups excluding carboxylic acids is 1.